The number of hydrogen-bond acceptors (Lipinski definition) is 7. The second-order valence-corrected chi connectivity index (χ2v) is 8.29. The molecule has 0 radical (unpaired) electrons. The van der Waals surface area contributed by atoms with Gasteiger partial charge < -0.3 is 9.15 Å². The van der Waals surface area contributed by atoms with E-state index in [1.807, 2.05) is 12.1 Å². The number of furan rings is 1. The Bertz CT molecular complexity index is 1290. The van der Waals surface area contributed by atoms with E-state index < -0.39 is 10.9 Å². The summed E-state index contributed by atoms with van der Waals surface area (Å²) in [5.41, 5.74) is 6.28. The van der Waals surface area contributed by atoms with Crippen LogP contribution < -0.4 is 10.2 Å². The average Bonchev–Trinajstić information content (AvgIpc) is 3.20. The van der Waals surface area contributed by atoms with Crippen LogP contribution >= 0.6 is 0 Å². The van der Waals surface area contributed by atoms with Gasteiger partial charge in [-0.05, 0) is 49.4 Å². The fourth-order valence-electron chi connectivity index (χ4n) is 4.01. The van der Waals surface area contributed by atoms with E-state index in [0.717, 1.165) is 24.0 Å². The van der Waals surface area contributed by atoms with Gasteiger partial charge in [0.1, 0.15) is 11.5 Å². The third-order valence-electron chi connectivity index (χ3n) is 5.88. The van der Waals surface area contributed by atoms with Crippen LogP contribution in [0.4, 0.5) is 5.69 Å². The normalized spacial score (nSPS) is 13.8. The van der Waals surface area contributed by atoms with Crippen molar-refractivity contribution in [2.45, 2.75) is 46.0 Å². The zero-order chi connectivity index (χ0) is 24.9. The van der Waals surface area contributed by atoms with Gasteiger partial charge in [-0.15, -0.1) is 0 Å². The van der Waals surface area contributed by atoms with Crippen molar-refractivity contribution in [2.75, 3.05) is 0 Å². The number of nitro benzene ring substituents is 1. The molecule has 1 aliphatic rings. The van der Waals surface area contributed by atoms with Crippen molar-refractivity contribution in [2.24, 2.45) is 5.10 Å². The van der Waals surface area contributed by atoms with Gasteiger partial charge in [-0.3, -0.25) is 14.9 Å². The summed E-state index contributed by atoms with van der Waals surface area (Å²) in [4.78, 5) is 35.4. The molecule has 1 aliphatic carbocycles. The number of nitrogens with one attached hydrogen (secondary N) is 1. The van der Waals surface area contributed by atoms with E-state index in [1.165, 1.54) is 24.3 Å². The number of hydrogen-bond donors (Lipinski definition) is 1. The summed E-state index contributed by atoms with van der Waals surface area (Å²) in [5, 5.41) is 15.1. The zero-order valence-corrected chi connectivity index (χ0v) is 19.5. The number of amides is 1. The predicted molar refractivity (Wildman–Crippen MR) is 129 cm³/mol. The van der Waals surface area contributed by atoms with Gasteiger partial charge in [0.25, 0.3) is 5.69 Å². The highest BCUT2D eigenvalue weighted by molar-refractivity contribution is 6.06. The number of benzene rings is 2. The van der Waals surface area contributed by atoms with Crippen molar-refractivity contribution < 1.29 is 23.7 Å². The highest BCUT2D eigenvalue weighted by Crippen LogP contribution is 2.30. The molecule has 9 heteroatoms. The molecule has 9 nitrogen and oxygen atoms in total. The first-order chi connectivity index (χ1) is 16.9. The number of esters is 1. The summed E-state index contributed by atoms with van der Waals surface area (Å²) >= 11 is 0. The maximum Gasteiger partial charge on any atom is 0.379 e. The number of hydrazone groups is 1. The number of carbonyl (C=O) groups is 2. The first-order valence-electron chi connectivity index (χ1n) is 11.4. The van der Waals surface area contributed by atoms with Crippen molar-refractivity contribution in [1.82, 2.24) is 5.43 Å². The van der Waals surface area contributed by atoms with E-state index in [0.29, 0.717) is 41.2 Å². The Morgan fingerprint density at radius 1 is 1.09 bits per heavy atom. The van der Waals surface area contributed by atoms with Crippen LogP contribution in [0, 0.1) is 17.0 Å². The van der Waals surface area contributed by atoms with E-state index in [1.54, 1.807) is 19.1 Å². The molecule has 0 saturated heterocycles. The second kappa shape index (κ2) is 10.3. The van der Waals surface area contributed by atoms with Crippen LogP contribution in [0.2, 0.25) is 0 Å². The van der Waals surface area contributed by atoms with Crippen LogP contribution in [0.5, 0.6) is 5.75 Å². The lowest BCUT2D eigenvalue weighted by molar-refractivity contribution is -0.384. The molecular formula is C26H25N3O6. The van der Waals surface area contributed by atoms with E-state index in [9.17, 15) is 19.7 Å². The number of non-ortho nitro benzene ring substituents is 1. The molecule has 0 atom stereocenters. The highest BCUT2D eigenvalue weighted by atomic mass is 16.6. The van der Waals surface area contributed by atoms with Gasteiger partial charge in [-0.25, -0.2) is 10.2 Å². The molecule has 0 unspecified atom stereocenters. The number of carbonyl (C=O) groups excluding carboxylic acids is 2. The van der Waals surface area contributed by atoms with E-state index in [2.05, 4.69) is 17.5 Å². The largest absolute Gasteiger partial charge is 0.453 e. The Balaban J connectivity index is 1.46. The molecule has 35 heavy (non-hydrogen) atoms. The topological polar surface area (TPSA) is 124 Å². The fourth-order valence-corrected chi connectivity index (χ4v) is 4.01. The average molecular weight is 476 g/mol. The third kappa shape index (κ3) is 5.46. The lowest BCUT2D eigenvalue weighted by atomic mass is 9.93. The van der Waals surface area contributed by atoms with Gasteiger partial charge in [-0.2, -0.15) is 5.10 Å². The quantitative estimate of drug-likeness (QED) is 0.229. The Kier molecular flexibility index (Phi) is 7.05. The van der Waals surface area contributed by atoms with Crippen molar-refractivity contribution in [3.8, 4) is 5.75 Å². The minimum atomic E-state index is -0.581. The molecule has 0 bridgehead atoms. The van der Waals surface area contributed by atoms with Crippen LogP contribution in [0.1, 0.15) is 58.3 Å². The lowest BCUT2D eigenvalue weighted by Gasteiger charge is -2.13. The molecular weight excluding hydrogens is 450 g/mol. The molecule has 180 valence electrons. The number of nitro groups is 1. The zero-order valence-electron chi connectivity index (χ0n) is 19.5. The molecule has 3 aromatic rings. The molecule has 0 aliphatic heterocycles. The molecule has 1 amide bonds. The van der Waals surface area contributed by atoms with Gasteiger partial charge in [0.2, 0.25) is 11.7 Å². The maximum atomic E-state index is 12.8. The predicted octanol–water partition coefficient (Wildman–Crippen LogP) is 4.68. The molecule has 0 spiro atoms. The first kappa shape index (κ1) is 23.9. The van der Waals surface area contributed by atoms with Crippen molar-refractivity contribution in [3.05, 3.63) is 92.4 Å². The number of aryl methyl sites for hydroxylation is 2. The summed E-state index contributed by atoms with van der Waals surface area (Å²) in [6.45, 7) is 3.83. The van der Waals surface area contributed by atoms with Gasteiger partial charge in [0.15, 0.2) is 0 Å². The summed E-state index contributed by atoms with van der Waals surface area (Å²) < 4.78 is 11.4. The summed E-state index contributed by atoms with van der Waals surface area (Å²) in [5.74, 6) is 0.276. The number of nitrogens with zero attached hydrogens (tertiary/aromatic N) is 2. The molecule has 0 saturated carbocycles. The second-order valence-electron chi connectivity index (χ2n) is 8.29. The molecule has 1 N–H and O–H groups in total. The van der Waals surface area contributed by atoms with Gasteiger partial charge >= 0.3 is 5.97 Å². The van der Waals surface area contributed by atoms with E-state index >= 15 is 0 Å². The van der Waals surface area contributed by atoms with E-state index in [4.69, 9.17) is 9.15 Å². The van der Waals surface area contributed by atoms with Gasteiger partial charge in [0.05, 0.1) is 17.1 Å². The monoisotopic (exact) mass is 475 g/mol. The fraction of sp³-hybridized carbons (Fsp3) is 0.269. The molecule has 1 aromatic heterocycles. The van der Waals surface area contributed by atoms with Crippen molar-refractivity contribution in [3.63, 3.8) is 0 Å². The summed E-state index contributed by atoms with van der Waals surface area (Å²) in [6, 6.07) is 13.1. The lowest BCUT2D eigenvalue weighted by Crippen LogP contribution is -2.23. The number of rotatable bonds is 7. The molecule has 2 aromatic carbocycles. The Morgan fingerprint density at radius 3 is 2.43 bits per heavy atom. The smallest absolute Gasteiger partial charge is 0.379 e. The Hall–Kier alpha value is -4.27. The highest BCUT2D eigenvalue weighted by Gasteiger charge is 2.29. The number of fused-ring (bicyclic) bond motifs is 1. The molecule has 0 fully saturated rings. The van der Waals surface area contributed by atoms with Crippen LogP contribution in [0.3, 0.4) is 0 Å². The standard InChI is InChI=1S/C26H25N3O6/c1-3-17-9-13-20(14-10-17)34-26(31)25-16(2)24-21(5-4-6-22(24)35-25)27-28-23(30)15-18-7-11-19(12-8-18)29(32)33/h7-14H,3-6,15H2,1-2H3,(H,28,30)/b27-21+. The minimum absolute atomic E-state index is 0.0282. The minimum Gasteiger partial charge on any atom is -0.453 e. The Morgan fingerprint density at radius 2 is 1.77 bits per heavy atom. The van der Waals surface area contributed by atoms with Crippen LogP contribution in [0.25, 0.3) is 0 Å². The molecule has 1 heterocycles. The Labute approximate surface area is 201 Å². The van der Waals surface area contributed by atoms with Gasteiger partial charge in [0, 0.05) is 29.7 Å². The molecule has 4 rings (SSSR count). The van der Waals surface area contributed by atoms with Gasteiger partial charge in [-0.1, -0.05) is 31.2 Å². The third-order valence-corrected chi connectivity index (χ3v) is 5.88. The summed E-state index contributed by atoms with van der Waals surface area (Å²) in [7, 11) is 0. The van der Waals surface area contributed by atoms with E-state index in [-0.39, 0.29) is 23.8 Å². The first-order valence-corrected chi connectivity index (χ1v) is 11.4. The summed E-state index contributed by atoms with van der Waals surface area (Å²) in [6.07, 6.45) is 2.97. The van der Waals surface area contributed by atoms with Crippen LogP contribution in [-0.2, 0) is 24.1 Å². The van der Waals surface area contributed by atoms with Crippen LogP contribution in [0.15, 0.2) is 58.0 Å². The van der Waals surface area contributed by atoms with Crippen molar-refractivity contribution in [1.29, 1.82) is 0 Å². The number of ether oxygens (including phenoxy) is 1. The SMILES string of the molecule is CCc1ccc(OC(=O)c2oc3c(c2C)/C(=N/NC(=O)Cc2ccc([N+](=O)[O-])cc2)CCC3)cc1. The van der Waals surface area contributed by atoms with Crippen molar-refractivity contribution >= 4 is 23.3 Å². The maximum absolute atomic E-state index is 12.8. The van der Waals surface area contributed by atoms with Crippen LogP contribution in [-0.4, -0.2) is 22.5 Å².